The average Bonchev–Trinajstić information content (AvgIpc) is 3.14. The zero-order valence-electron chi connectivity index (χ0n) is 15.4. The second-order valence-corrected chi connectivity index (χ2v) is 7.33. The maximum atomic E-state index is 12.7. The van der Waals surface area contributed by atoms with Crippen molar-refractivity contribution >= 4 is 23.2 Å². The number of hydrogen-bond donors (Lipinski definition) is 2. The third-order valence-corrected chi connectivity index (χ3v) is 5.43. The van der Waals surface area contributed by atoms with Crippen molar-refractivity contribution in [2.75, 3.05) is 29.9 Å². The molecular formula is C22H25N3O2. The van der Waals surface area contributed by atoms with E-state index in [0.29, 0.717) is 6.42 Å². The lowest BCUT2D eigenvalue weighted by molar-refractivity contribution is -0.120. The van der Waals surface area contributed by atoms with E-state index in [4.69, 9.17) is 0 Å². The normalized spacial score (nSPS) is 18.8. The molecule has 0 aliphatic carbocycles. The van der Waals surface area contributed by atoms with Crippen LogP contribution in [0, 0.1) is 5.92 Å². The molecule has 2 aliphatic heterocycles. The minimum atomic E-state index is 0.0373. The minimum absolute atomic E-state index is 0.0373. The first kappa shape index (κ1) is 17.7. The molecule has 0 aromatic heterocycles. The highest BCUT2D eigenvalue weighted by molar-refractivity contribution is 5.97. The van der Waals surface area contributed by atoms with Gasteiger partial charge in [0, 0.05) is 24.5 Å². The number of rotatable bonds is 4. The lowest BCUT2D eigenvalue weighted by Crippen LogP contribution is -2.37. The Labute approximate surface area is 159 Å². The standard InChI is InChI=1S/C22H25N3O2/c26-21(25-13-11-17-4-1-2-6-20(17)25)14-16-7-9-19(10-8-16)24-22(27)18-5-3-12-23-15-18/h1-2,4,6-10,18,23H,3,5,11-15H2,(H,24,27). The molecule has 2 aromatic carbocycles. The van der Waals surface area contributed by atoms with E-state index in [2.05, 4.69) is 16.7 Å². The summed E-state index contributed by atoms with van der Waals surface area (Å²) < 4.78 is 0. The summed E-state index contributed by atoms with van der Waals surface area (Å²) in [5, 5.41) is 6.25. The van der Waals surface area contributed by atoms with Crippen LogP contribution in [0.5, 0.6) is 0 Å². The first-order chi connectivity index (χ1) is 13.2. The fourth-order valence-electron chi connectivity index (χ4n) is 3.89. The van der Waals surface area contributed by atoms with Gasteiger partial charge in [-0.05, 0) is 55.1 Å². The summed E-state index contributed by atoms with van der Waals surface area (Å²) in [7, 11) is 0. The number of carbonyl (C=O) groups excluding carboxylic acids is 2. The fourth-order valence-corrected chi connectivity index (χ4v) is 3.89. The molecule has 140 valence electrons. The Hall–Kier alpha value is -2.66. The zero-order valence-corrected chi connectivity index (χ0v) is 15.4. The molecule has 0 bridgehead atoms. The van der Waals surface area contributed by atoms with Crippen molar-refractivity contribution in [2.45, 2.75) is 25.7 Å². The number of para-hydroxylation sites is 1. The maximum absolute atomic E-state index is 12.7. The lowest BCUT2D eigenvalue weighted by atomic mass is 9.99. The van der Waals surface area contributed by atoms with E-state index in [0.717, 1.165) is 55.8 Å². The third-order valence-electron chi connectivity index (χ3n) is 5.43. The Morgan fingerprint density at radius 1 is 1.11 bits per heavy atom. The van der Waals surface area contributed by atoms with Gasteiger partial charge >= 0.3 is 0 Å². The summed E-state index contributed by atoms with van der Waals surface area (Å²) in [6, 6.07) is 15.7. The van der Waals surface area contributed by atoms with Crippen molar-refractivity contribution in [2.24, 2.45) is 5.92 Å². The molecule has 1 unspecified atom stereocenters. The van der Waals surface area contributed by atoms with Gasteiger partial charge in [-0.1, -0.05) is 30.3 Å². The van der Waals surface area contributed by atoms with Gasteiger partial charge < -0.3 is 15.5 Å². The van der Waals surface area contributed by atoms with Crippen molar-refractivity contribution < 1.29 is 9.59 Å². The molecule has 2 amide bonds. The van der Waals surface area contributed by atoms with Gasteiger partial charge in [-0.25, -0.2) is 0 Å². The number of hydrogen-bond acceptors (Lipinski definition) is 3. The summed E-state index contributed by atoms with van der Waals surface area (Å²) in [5.41, 5.74) is 4.02. The van der Waals surface area contributed by atoms with E-state index in [1.807, 2.05) is 47.4 Å². The quantitative estimate of drug-likeness (QED) is 0.878. The molecule has 0 saturated carbocycles. The van der Waals surface area contributed by atoms with E-state index in [1.165, 1.54) is 5.56 Å². The molecule has 27 heavy (non-hydrogen) atoms. The van der Waals surface area contributed by atoms with Crippen LogP contribution in [0.25, 0.3) is 0 Å². The van der Waals surface area contributed by atoms with Gasteiger partial charge in [0.2, 0.25) is 11.8 Å². The van der Waals surface area contributed by atoms with Crippen LogP contribution < -0.4 is 15.5 Å². The van der Waals surface area contributed by atoms with E-state index < -0.39 is 0 Å². The molecule has 2 aliphatic rings. The number of amides is 2. The van der Waals surface area contributed by atoms with Crippen LogP contribution in [0.15, 0.2) is 48.5 Å². The highest BCUT2D eigenvalue weighted by atomic mass is 16.2. The predicted molar refractivity (Wildman–Crippen MR) is 107 cm³/mol. The Morgan fingerprint density at radius 3 is 2.70 bits per heavy atom. The number of carbonyl (C=O) groups is 2. The van der Waals surface area contributed by atoms with Crippen LogP contribution in [-0.4, -0.2) is 31.4 Å². The molecule has 5 nitrogen and oxygen atoms in total. The summed E-state index contributed by atoms with van der Waals surface area (Å²) in [6.07, 6.45) is 3.26. The Balaban J connectivity index is 1.35. The lowest BCUT2D eigenvalue weighted by Gasteiger charge is -2.22. The fraction of sp³-hybridized carbons (Fsp3) is 0.364. The van der Waals surface area contributed by atoms with E-state index in [9.17, 15) is 9.59 Å². The smallest absolute Gasteiger partial charge is 0.231 e. The first-order valence-corrected chi connectivity index (χ1v) is 9.69. The van der Waals surface area contributed by atoms with Crippen molar-refractivity contribution in [1.82, 2.24) is 5.32 Å². The van der Waals surface area contributed by atoms with Gasteiger partial charge in [-0.2, -0.15) is 0 Å². The molecule has 5 heteroatoms. The highest BCUT2D eigenvalue weighted by Gasteiger charge is 2.24. The molecule has 1 fully saturated rings. The van der Waals surface area contributed by atoms with Gasteiger partial charge in [-0.15, -0.1) is 0 Å². The SMILES string of the molecule is O=C(Nc1ccc(CC(=O)N2CCc3ccccc32)cc1)C1CCCNC1. The van der Waals surface area contributed by atoms with Crippen LogP contribution in [-0.2, 0) is 22.4 Å². The largest absolute Gasteiger partial charge is 0.326 e. The van der Waals surface area contributed by atoms with Crippen molar-refractivity contribution in [1.29, 1.82) is 0 Å². The Morgan fingerprint density at radius 2 is 1.93 bits per heavy atom. The summed E-state index contributed by atoms with van der Waals surface area (Å²) in [6.45, 7) is 2.49. The van der Waals surface area contributed by atoms with Crippen LogP contribution in [0.3, 0.4) is 0 Å². The third kappa shape index (κ3) is 4.03. The second-order valence-electron chi connectivity index (χ2n) is 7.33. The monoisotopic (exact) mass is 363 g/mol. The average molecular weight is 363 g/mol. The molecule has 4 rings (SSSR count). The van der Waals surface area contributed by atoms with E-state index in [1.54, 1.807) is 0 Å². The number of nitrogens with zero attached hydrogens (tertiary/aromatic N) is 1. The van der Waals surface area contributed by atoms with Crippen LogP contribution in [0.2, 0.25) is 0 Å². The van der Waals surface area contributed by atoms with Gasteiger partial charge in [0.15, 0.2) is 0 Å². The second kappa shape index (κ2) is 7.92. The Bertz CT molecular complexity index is 826. The van der Waals surface area contributed by atoms with Crippen molar-refractivity contribution in [3.05, 3.63) is 59.7 Å². The first-order valence-electron chi connectivity index (χ1n) is 9.69. The number of piperidine rings is 1. The molecule has 0 radical (unpaired) electrons. The highest BCUT2D eigenvalue weighted by Crippen LogP contribution is 2.28. The summed E-state index contributed by atoms with van der Waals surface area (Å²) in [4.78, 5) is 26.9. The van der Waals surface area contributed by atoms with Crippen molar-refractivity contribution in [3.8, 4) is 0 Å². The molecule has 0 spiro atoms. The number of benzene rings is 2. The van der Waals surface area contributed by atoms with Gasteiger partial charge in [0.05, 0.1) is 12.3 Å². The van der Waals surface area contributed by atoms with Crippen LogP contribution in [0.4, 0.5) is 11.4 Å². The molecule has 2 N–H and O–H groups in total. The molecular weight excluding hydrogens is 338 g/mol. The minimum Gasteiger partial charge on any atom is -0.326 e. The van der Waals surface area contributed by atoms with Gasteiger partial charge in [0.1, 0.15) is 0 Å². The maximum Gasteiger partial charge on any atom is 0.231 e. The molecule has 2 heterocycles. The predicted octanol–water partition coefficient (Wildman–Crippen LogP) is 2.76. The zero-order chi connectivity index (χ0) is 18.6. The number of nitrogens with one attached hydrogen (secondary N) is 2. The van der Waals surface area contributed by atoms with Gasteiger partial charge in [0.25, 0.3) is 0 Å². The topological polar surface area (TPSA) is 61.4 Å². The number of anilines is 2. The molecule has 2 aromatic rings. The van der Waals surface area contributed by atoms with Crippen molar-refractivity contribution in [3.63, 3.8) is 0 Å². The number of fused-ring (bicyclic) bond motifs is 1. The van der Waals surface area contributed by atoms with E-state index >= 15 is 0 Å². The Kier molecular flexibility index (Phi) is 5.21. The van der Waals surface area contributed by atoms with Crippen LogP contribution >= 0.6 is 0 Å². The van der Waals surface area contributed by atoms with E-state index in [-0.39, 0.29) is 17.7 Å². The molecule has 1 atom stereocenters. The summed E-state index contributed by atoms with van der Waals surface area (Å²) >= 11 is 0. The van der Waals surface area contributed by atoms with Crippen LogP contribution in [0.1, 0.15) is 24.0 Å². The molecule has 1 saturated heterocycles. The summed E-state index contributed by atoms with van der Waals surface area (Å²) in [5.74, 6) is 0.222. The van der Waals surface area contributed by atoms with Gasteiger partial charge in [-0.3, -0.25) is 9.59 Å².